The summed E-state index contributed by atoms with van der Waals surface area (Å²) >= 11 is 5.42. The van der Waals surface area contributed by atoms with Gasteiger partial charge in [0.05, 0.1) is 0 Å². The molecule has 0 aromatic rings. The molecule has 0 N–H and O–H groups in total. The van der Waals surface area contributed by atoms with Crippen molar-refractivity contribution in [2.75, 3.05) is 19.1 Å². The third-order valence-electron chi connectivity index (χ3n) is 0.876. The molecular weight excluding hydrogens is 124 g/mol. The third kappa shape index (κ3) is 6.25. The highest BCUT2D eigenvalue weighted by molar-refractivity contribution is 6.17. The van der Waals surface area contributed by atoms with Crippen LogP contribution >= 0.6 is 11.6 Å². The van der Waals surface area contributed by atoms with Crippen molar-refractivity contribution in [3.05, 3.63) is 0 Å². The molecule has 0 atom stereocenters. The normalized spacial score (nSPS) is 9.75. The van der Waals surface area contributed by atoms with E-state index in [9.17, 15) is 0 Å². The molecule has 0 fully saturated rings. The van der Waals surface area contributed by atoms with E-state index in [4.69, 9.17) is 16.3 Å². The summed E-state index contributed by atoms with van der Waals surface area (Å²) in [5.74, 6) is 0.757. The van der Waals surface area contributed by atoms with Crippen LogP contribution in [0.2, 0.25) is 0 Å². The minimum Gasteiger partial charge on any atom is -0.382 e. The lowest BCUT2D eigenvalue weighted by molar-refractivity contribution is 0.144. The maximum Gasteiger partial charge on any atom is 0.0466 e. The second-order valence-electron chi connectivity index (χ2n) is 1.59. The van der Waals surface area contributed by atoms with E-state index < -0.39 is 0 Å². The van der Waals surface area contributed by atoms with Crippen LogP contribution in [0.5, 0.6) is 0 Å². The van der Waals surface area contributed by atoms with Crippen LogP contribution in [0.15, 0.2) is 0 Å². The molecule has 8 heavy (non-hydrogen) atoms. The lowest BCUT2D eigenvalue weighted by Crippen LogP contribution is -1.92. The van der Waals surface area contributed by atoms with Gasteiger partial charge in [0.15, 0.2) is 0 Å². The summed E-state index contributed by atoms with van der Waals surface area (Å²) in [5, 5.41) is 0. The minimum absolute atomic E-state index is 0.757. The second kappa shape index (κ2) is 7.25. The van der Waals surface area contributed by atoms with Gasteiger partial charge >= 0.3 is 0 Å². The Kier molecular flexibility index (Phi) is 7.48. The van der Waals surface area contributed by atoms with Gasteiger partial charge in [-0.2, -0.15) is 0 Å². The number of alkyl halides is 1. The predicted octanol–water partition coefficient (Wildman–Crippen LogP) is 2.04. The average molecular weight is 137 g/mol. The summed E-state index contributed by atoms with van der Waals surface area (Å²) in [6, 6.07) is 0. The number of hydrogen-bond acceptors (Lipinski definition) is 1. The SMILES string of the molecule is CCOCCCCCl. The van der Waals surface area contributed by atoms with Gasteiger partial charge in [0.25, 0.3) is 0 Å². The van der Waals surface area contributed by atoms with Crippen molar-refractivity contribution < 1.29 is 4.74 Å². The Bertz CT molecular complexity index is 33.5. The second-order valence-corrected chi connectivity index (χ2v) is 1.97. The summed E-state index contributed by atoms with van der Waals surface area (Å²) in [6.45, 7) is 3.69. The summed E-state index contributed by atoms with van der Waals surface area (Å²) in [5.41, 5.74) is 0. The highest BCUT2D eigenvalue weighted by Gasteiger charge is 1.83. The smallest absolute Gasteiger partial charge is 0.0466 e. The minimum atomic E-state index is 0.757. The Morgan fingerprint density at radius 3 is 2.62 bits per heavy atom. The molecule has 0 amide bonds. The summed E-state index contributed by atoms with van der Waals surface area (Å²) in [6.07, 6.45) is 2.17. The fourth-order valence-corrected chi connectivity index (χ4v) is 0.632. The molecule has 1 nitrogen and oxygen atoms in total. The Labute approximate surface area is 56.0 Å². The van der Waals surface area contributed by atoms with Gasteiger partial charge in [-0.3, -0.25) is 0 Å². The third-order valence-corrected chi connectivity index (χ3v) is 1.14. The van der Waals surface area contributed by atoms with E-state index in [0.717, 1.165) is 31.9 Å². The predicted molar refractivity (Wildman–Crippen MR) is 36.4 cm³/mol. The molecule has 0 bridgehead atoms. The first-order chi connectivity index (χ1) is 3.91. The summed E-state index contributed by atoms with van der Waals surface area (Å²) in [4.78, 5) is 0. The van der Waals surface area contributed by atoms with Crippen molar-refractivity contribution in [2.24, 2.45) is 0 Å². The monoisotopic (exact) mass is 136 g/mol. The van der Waals surface area contributed by atoms with E-state index in [2.05, 4.69) is 0 Å². The Morgan fingerprint density at radius 1 is 1.38 bits per heavy atom. The maximum atomic E-state index is 5.42. The van der Waals surface area contributed by atoms with Crippen molar-refractivity contribution in [1.82, 2.24) is 0 Å². The van der Waals surface area contributed by atoms with E-state index >= 15 is 0 Å². The fourth-order valence-electron chi connectivity index (χ4n) is 0.443. The van der Waals surface area contributed by atoms with Crippen LogP contribution in [0.3, 0.4) is 0 Å². The number of rotatable bonds is 5. The first-order valence-electron chi connectivity index (χ1n) is 3.05. The molecule has 0 saturated carbocycles. The molecule has 0 aliphatic rings. The summed E-state index contributed by atoms with van der Waals surface area (Å²) < 4.78 is 5.08. The molecule has 0 spiro atoms. The van der Waals surface area contributed by atoms with Crippen molar-refractivity contribution in [3.8, 4) is 0 Å². The molecule has 0 aromatic carbocycles. The molecule has 0 saturated heterocycles. The van der Waals surface area contributed by atoms with E-state index in [1.54, 1.807) is 0 Å². The molecule has 0 aromatic heterocycles. The maximum absolute atomic E-state index is 5.42. The highest BCUT2D eigenvalue weighted by Crippen LogP contribution is 1.91. The van der Waals surface area contributed by atoms with Gasteiger partial charge in [0.2, 0.25) is 0 Å². The van der Waals surface area contributed by atoms with Gasteiger partial charge in [-0.25, -0.2) is 0 Å². The van der Waals surface area contributed by atoms with Crippen molar-refractivity contribution in [2.45, 2.75) is 19.8 Å². The van der Waals surface area contributed by atoms with Crippen molar-refractivity contribution in [3.63, 3.8) is 0 Å². The van der Waals surface area contributed by atoms with Crippen LogP contribution in [0, 0.1) is 0 Å². The number of hydrogen-bond donors (Lipinski definition) is 0. The Balaban J connectivity index is 2.53. The first-order valence-corrected chi connectivity index (χ1v) is 3.59. The van der Waals surface area contributed by atoms with Crippen LogP contribution in [-0.4, -0.2) is 19.1 Å². The van der Waals surface area contributed by atoms with Gasteiger partial charge in [-0.15, -0.1) is 11.6 Å². The molecule has 0 unspecified atom stereocenters. The van der Waals surface area contributed by atoms with Crippen LogP contribution in [0.25, 0.3) is 0 Å². The molecule has 0 aliphatic heterocycles. The van der Waals surface area contributed by atoms with Crippen LogP contribution in [0.4, 0.5) is 0 Å². The molecule has 2 heteroatoms. The van der Waals surface area contributed by atoms with Crippen LogP contribution in [-0.2, 0) is 4.74 Å². The zero-order valence-corrected chi connectivity index (χ0v) is 6.08. The number of unbranched alkanes of at least 4 members (excludes halogenated alkanes) is 1. The average Bonchev–Trinajstić information content (AvgIpc) is 1.81. The molecule has 0 heterocycles. The van der Waals surface area contributed by atoms with E-state index in [1.807, 2.05) is 6.92 Å². The largest absolute Gasteiger partial charge is 0.382 e. The van der Waals surface area contributed by atoms with Crippen LogP contribution < -0.4 is 0 Å². The van der Waals surface area contributed by atoms with Gasteiger partial charge < -0.3 is 4.74 Å². The number of ether oxygens (including phenoxy) is 1. The lowest BCUT2D eigenvalue weighted by Gasteiger charge is -1.96. The fraction of sp³-hybridized carbons (Fsp3) is 1.00. The zero-order chi connectivity index (χ0) is 6.24. The first kappa shape index (κ1) is 8.25. The highest BCUT2D eigenvalue weighted by atomic mass is 35.5. The van der Waals surface area contributed by atoms with Crippen molar-refractivity contribution in [1.29, 1.82) is 0 Å². The molecule has 50 valence electrons. The molecule has 0 rings (SSSR count). The quantitative estimate of drug-likeness (QED) is 0.415. The van der Waals surface area contributed by atoms with Gasteiger partial charge in [0, 0.05) is 19.1 Å². The zero-order valence-electron chi connectivity index (χ0n) is 5.32. The van der Waals surface area contributed by atoms with E-state index in [0.29, 0.717) is 0 Å². The standard InChI is InChI=1S/C6H13ClO/c1-2-8-6-4-3-5-7/h2-6H2,1H3. The van der Waals surface area contributed by atoms with E-state index in [-0.39, 0.29) is 0 Å². The van der Waals surface area contributed by atoms with Crippen LogP contribution in [0.1, 0.15) is 19.8 Å². The number of halogens is 1. The summed E-state index contributed by atoms with van der Waals surface area (Å²) in [7, 11) is 0. The van der Waals surface area contributed by atoms with Crippen molar-refractivity contribution >= 4 is 11.6 Å². The molecule has 0 radical (unpaired) electrons. The Hall–Kier alpha value is 0.250. The van der Waals surface area contributed by atoms with Gasteiger partial charge in [0.1, 0.15) is 0 Å². The lowest BCUT2D eigenvalue weighted by atomic mass is 10.4. The molecular formula is C6H13ClO. The topological polar surface area (TPSA) is 9.23 Å². The van der Waals surface area contributed by atoms with Gasteiger partial charge in [-0.05, 0) is 19.8 Å². The van der Waals surface area contributed by atoms with Gasteiger partial charge in [-0.1, -0.05) is 0 Å². The molecule has 0 aliphatic carbocycles. The van der Waals surface area contributed by atoms with E-state index in [1.165, 1.54) is 0 Å². The Morgan fingerprint density at radius 2 is 2.12 bits per heavy atom.